The Hall–Kier alpha value is -6.52. The minimum atomic E-state index is 0.0958. The van der Waals surface area contributed by atoms with Crippen LogP contribution in [0.15, 0.2) is 182 Å². The van der Waals surface area contributed by atoms with Gasteiger partial charge in [-0.25, -0.2) is 0 Å². The highest BCUT2D eigenvalue weighted by Crippen LogP contribution is 2.51. The fraction of sp³-hybridized carbons (Fsp3) is 0. The van der Waals surface area contributed by atoms with Crippen molar-refractivity contribution in [3.8, 4) is 22.3 Å². The Morgan fingerprint density at radius 1 is 0.360 bits per heavy atom. The SMILES string of the molecule is c1ccc(N(c2ccccc2)c2ccc3cc(N4c5cccc6c5B5c7c(cccc74)-c4ccccc4N5c4ccccc4-6)ccc3c2)cc1. The molecule has 0 fully saturated rings. The predicted octanol–water partition coefficient (Wildman–Crippen LogP) is 11.0. The van der Waals surface area contributed by atoms with Gasteiger partial charge < -0.3 is 14.6 Å². The Morgan fingerprint density at radius 2 is 0.840 bits per heavy atom. The van der Waals surface area contributed by atoms with Gasteiger partial charge in [-0.3, -0.25) is 0 Å². The van der Waals surface area contributed by atoms with Crippen LogP contribution in [0.2, 0.25) is 0 Å². The van der Waals surface area contributed by atoms with Crippen LogP contribution in [-0.2, 0) is 0 Å². The molecule has 0 unspecified atom stereocenters. The number of hydrogen-bond acceptors (Lipinski definition) is 3. The largest absolute Gasteiger partial charge is 0.376 e. The summed E-state index contributed by atoms with van der Waals surface area (Å²) in [7, 11) is 0. The topological polar surface area (TPSA) is 9.72 Å². The molecular formula is C46H30BN3. The fourth-order valence-electron chi connectivity index (χ4n) is 8.68. The normalized spacial score (nSPS) is 13.1. The molecule has 3 aliphatic rings. The fourth-order valence-corrected chi connectivity index (χ4v) is 8.68. The van der Waals surface area contributed by atoms with Crippen molar-refractivity contribution >= 4 is 74.0 Å². The Balaban J connectivity index is 1.11. The van der Waals surface area contributed by atoms with Gasteiger partial charge in [0.2, 0.25) is 0 Å². The predicted molar refractivity (Wildman–Crippen MR) is 211 cm³/mol. The van der Waals surface area contributed by atoms with Crippen LogP contribution in [0.25, 0.3) is 33.0 Å². The third-order valence-corrected chi connectivity index (χ3v) is 10.7. The molecule has 50 heavy (non-hydrogen) atoms. The molecule has 8 aromatic rings. The number of anilines is 8. The second-order valence-electron chi connectivity index (χ2n) is 13.3. The molecule has 4 heteroatoms. The van der Waals surface area contributed by atoms with Crippen LogP contribution in [0.1, 0.15) is 0 Å². The number of rotatable bonds is 4. The zero-order valence-electron chi connectivity index (χ0n) is 27.2. The number of hydrogen-bond donors (Lipinski definition) is 0. The molecule has 0 radical (unpaired) electrons. The number of benzene rings is 8. The van der Waals surface area contributed by atoms with Gasteiger partial charge in [-0.2, -0.15) is 0 Å². The lowest BCUT2D eigenvalue weighted by atomic mass is 9.41. The molecule has 3 aliphatic heterocycles. The van der Waals surface area contributed by atoms with Crippen molar-refractivity contribution in [1.29, 1.82) is 0 Å². The van der Waals surface area contributed by atoms with Gasteiger partial charge in [-0.05, 0) is 106 Å². The van der Waals surface area contributed by atoms with Gasteiger partial charge in [0.1, 0.15) is 0 Å². The summed E-state index contributed by atoms with van der Waals surface area (Å²) < 4.78 is 0. The molecule has 0 aliphatic carbocycles. The van der Waals surface area contributed by atoms with Crippen molar-refractivity contribution < 1.29 is 0 Å². The summed E-state index contributed by atoms with van der Waals surface area (Å²) in [4.78, 5) is 7.42. The molecule has 11 rings (SSSR count). The molecule has 0 atom stereocenters. The third-order valence-electron chi connectivity index (χ3n) is 10.7. The summed E-state index contributed by atoms with van der Waals surface area (Å²) in [6.07, 6.45) is 0. The first-order chi connectivity index (χ1) is 24.8. The molecule has 3 nitrogen and oxygen atoms in total. The summed E-state index contributed by atoms with van der Waals surface area (Å²) in [6.45, 7) is 0.0958. The van der Waals surface area contributed by atoms with Gasteiger partial charge in [0, 0.05) is 56.6 Å². The van der Waals surface area contributed by atoms with E-state index in [2.05, 4.69) is 197 Å². The van der Waals surface area contributed by atoms with Crippen molar-refractivity contribution in [2.24, 2.45) is 0 Å². The third kappa shape index (κ3) is 3.82. The van der Waals surface area contributed by atoms with Gasteiger partial charge in [0.05, 0.1) is 0 Å². The molecule has 0 N–H and O–H groups in total. The van der Waals surface area contributed by atoms with Gasteiger partial charge in [0.15, 0.2) is 0 Å². The quantitative estimate of drug-likeness (QED) is 0.178. The van der Waals surface area contributed by atoms with Crippen LogP contribution < -0.4 is 25.5 Å². The highest BCUT2D eigenvalue weighted by molar-refractivity contribution is 6.95. The molecule has 3 heterocycles. The molecule has 0 bridgehead atoms. The van der Waals surface area contributed by atoms with E-state index in [-0.39, 0.29) is 6.85 Å². The zero-order chi connectivity index (χ0) is 32.8. The second kappa shape index (κ2) is 10.5. The van der Waals surface area contributed by atoms with Crippen LogP contribution in [0.5, 0.6) is 0 Å². The Morgan fingerprint density at radius 3 is 1.44 bits per heavy atom. The maximum atomic E-state index is 2.59. The molecule has 0 aromatic heterocycles. The highest BCUT2D eigenvalue weighted by Gasteiger charge is 2.48. The van der Waals surface area contributed by atoms with Gasteiger partial charge in [-0.1, -0.05) is 109 Å². The molecule has 0 spiro atoms. The van der Waals surface area contributed by atoms with Crippen LogP contribution in [0, 0.1) is 0 Å². The lowest BCUT2D eigenvalue weighted by Gasteiger charge is -2.49. The van der Waals surface area contributed by atoms with Crippen LogP contribution in [0.3, 0.4) is 0 Å². The van der Waals surface area contributed by atoms with E-state index in [9.17, 15) is 0 Å². The summed E-state index contributed by atoms with van der Waals surface area (Å²) in [6, 6.07) is 66.5. The maximum Gasteiger partial charge on any atom is 0.333 e. The Labute approximate surface area is 292 Å². The second-order valence-corrected chi connectivity index (χ2v) is 13.3. The first kappa shape index (κ1) is 27.4. The van der Waals surface area contributed by atoms with Crippen molar-refractivity contribution in [2.45, 2.75) is 0 Å². The molecular weight excluding hydrogens is 605 g/mol. The number of nitrogens with zero attached hydrogens (tertiary/aromatic N) is 3. The molecule has 0 saturated carbocycles. The monoisotopic (exact) mass is 635 g/mol. The van der Waals surface area contributed by atoms with Crippen molar-refractivity contribution in [2.75, 3.05) is 14.6 Å². The van der Waals surface area contributed by atoms with Gasteiger partial charge >= 0.3 is 6.85 Å². The minimum Gasteiger partial charge on any atom is -0.376 e. The van der Waals surface area contributed by atoms with Crippen LogP contribution >= 0.6 is 0 Å². The zero-order valence-corrected chi connectivity index (χ0v) is 27.2. The van der Waals surface area contributed by atoms with E-state index in [1.54, 1.807) is 0 Å². The van der Waals surface area contributed by atoms with Crippen LogP contribution in [-0.4, -0.2) is 6.85 Å². The number of para-hydroxylation sites is 4. The van der Waals surface area contributed by atoms with E-state index in [1.165, 1.54) is 66.7 Å². The van der Waals surface area contributed by atoms with E-state index in [4.69, 9.17) is 0 Å². The van der Waals surface area contributed by atoms with Crippen LogP contribution in [0.4, 0.5) is 45.5 Å². The number of fused-ring (bicyclic) bond motifs is 7. The average molecular weight is 636 g/mol. The van der Waals surface area contributed by atoms with Crippen molar-refractivity contribution in [1.82, 2.24) is 0 Å². The molecule has 0 amide bonds. The van der Waals surface area contributed by atoms with E-state index < -0.39 is 0 Å². The van der Waals surface area contributed by atoms with E-state index in [1.807, 2.05) is 0 Å². The molecule has 232 valence electrons. The average Bonchev–Trinajstić information content (AvgIpc) is 3.19. The van der Waals surface area contributed by atoms with E-state index in [0.29, 0.717) is 0 Å². The standard InChI is InChI=1S/C46H30BN3/c1-3-13-33(14-4-1)48(34-15-5-2-6-16-34)35-27-25-32-30-36(28-26-31(32)29-35)49-43-23-11-19-39-37-17-7-9-21-41(37)50-42-22-10-8-18-38(42)40-20-12-24-44(49)46(40)47(50)45(39)43/h1-30H. The first-order valence-corrected chi connectivity index (χ1v) is 17.3. The first-order valence-electron chi connectivity index (χ1n) is 17.3. The summed E-state index contributed by atoms with van der Waals surface area (Å²) in [5.74, 6) is 0. The van der Waals surface area contributed by atoms with Crippen molar-refractivity contribution in [3.63, 3.8) is 0 Å². The highest BCUT2D eigenvalue weighted by atomic mass is 15.2. The Kier molecular flexibility index (Phi) is 5.76. The Bertz CT molecular complexity index is 2500. The van der Waals surface area contributed by atoms with E-state index >= 15 is 0 Å². The van der Waals surface area contributed by atoms with Crippen molar-refractivity contribution in [3.05, 3.63) is 182 Å². The van der Waals surface area contributed by atoms with Gasteiger partial charge in [0.25, 0.3) is 0 Å². The summed E-state index contributed by atoms with van der Waals surface area (Å²) in [5.41, 5.74) is 17.5. The van der Waals surface area contributed by atoms with E-state index in [0.717, 1.165) is 22.7 Å². The van der Waals surface area contributed by atoms with Gasteiger partial charge in [-0.15, -0.1) is 0 Å². The smallest absolute Gasteiger partial charge is 0.333 e. The minimum absolute atomic E-state index is 0.0958. The summed E-state index contributed by atoms with van der Waals surface area (Å²) >= 11 is 0. The maximum absolute atomic E-state index is 2.59. The molecule has 8 aromatic carbocycles. The summed E-state index contributed by atoms with van der Waals surface area (Å²) in [5, 5.41) is 2.42. The lowest BCUT2D eigenvalue weighted by Crippen LogP contribution is -2.63. The molecule has 0 saturated heterocycles. The lowest BCUT2D eigenvalue weighted by molar-refractivity contribution is 1.26.